The largest absolute Gasteiger partial charge is 0.290 e. The summed E-state index contributed by atoms with van der Waals surface area (Å²) in [6, 6.07) is 8.98. The van der Waals surface area contributed by atoms with Crippen LogP contribution >= 0.6 is 0 Å². The lowest BCUT2D eigenvalue weighted by Crippen LogP contribution is -2.29. The van der Waals surface area contributed by atoms with E-state index in [2.05, 4.69) is 5.43 Å². The summed E-state index contributed by atoms with van der Waals surface area (Å²) in [5.74, 6) is 4.69. The standard InChI is InChI=1S/C11H11N3O/c12-7-2-1-4-9-5-3-6-10(8-9)11(15)14-13/h1,3-6,8H,2,13H2,(H,14,15). The molecule has 4 nitrogen and oxygen atoms in total. The molecule has 0 bridgehead atoms. The fourth-order valence-corrected chi connectivity index (χ4v) is 1.11. The van der Waals surface area contributed by atoms with Gasteiger partial charge in [0.1, 0.15) is 0 Å². The summed E-state index contributed by atoms with van der Waals surface area (Å²) in [5, 5.41) is 8.34. The van der Waals surface area contributed by atoms with Crippen molar-refractivity contribution in [3.05, 3.63) is 41.5 Å². The predicted molar refractivity (Wildman–Crippen MR) is 57.4 cm³/mol. The number of benzene rings is 1. The lowest BCUT2D eigenvalue weighted by atomic mass is 10.1. The monoisotopic (exact) mass is 201 g/mol. The maximum atomic E-state index is 11.2. The van der Waals surface area contributed by atoms with Crippen LogP contribution in [0, 0.1) is 11.3 Å². The average Bonchev–Trinajstić information content (AvgIpc) is 2.29. The smallest absolute Gasteiger partial charge is 0.265 e. The molecule has 0 fully saturated rings. The minimum Gasteiger partial charge on any atom is -0.290 e. The first-order valence-corrected chi connectivity index (χ1v) is 4.42. The molecule has 0 aliphatic heterocycles. The topological polar surface area (TPSA) is 78.9 Å². The Hall–Kier alpha value is -2.12. The van der Waals surface area contributed by atoms with Gasteiger partial charge in [-0.2, -0.15) is 5.26 Å². The predicted octanol–water partition coefficient (Wildman–Crippen LogP) is 1.22. The van der Waals surface area contributed by atoms with Gasteiger partial charge in [0.05, 0.1) is 12.5 Å². The highest BCUT2D eigenvalue weighted by Gasteiger charge is 2.01. The van der Waals surface area contributed by atoms with Crippen LogP contribution in [0.3, 0.4) is 0 Å². The van der Waals surface area contributed by atoms with Crippen molar-refractivity contribution in [3.8, 4) is 6.07 Å². The fraction of sp³-hybridized carbons (Fsp3) is 0.0909. The first-order valence-electron chi connectivity index (χ1n) is 4.42. The third kappa shape index (κ3) is 3.25. The summed E-state index contributed by atoms with van der Waals surface area (Å²) >= 11 is 0. The van der Waals surface area contributed by atoms with E-state index in [1.54, 1.807) is 30.4 Å². The van der Waals surface area contributed by atoms with Crippen molar-refractivity contribution in [1.29, 1.82) is 5.26 Å². The van der Waals surface area contributed by atoms with E-state index in [1.807, 2.05) is 12.1 Å². The second-order valence-corrected chi connectivity index (χ2v) is 2.86. The Morgan fingerprint density at radius 3 is 3.07 bits per heavy atom. The Bertz CT molecular complexity index is 418. The zero-order chi connectivity index (χ0) is 11.1. The maximum Gasteiger partial charge on any atom is 0.265 e. The SMILES string of the molecule is N#CCC=Cc1cccc(C(=O)NN)c1. The summed E-state index contributed by atoms with van der Waals surface area (Å²) < 4.78 is 0. The minimum absolute atomic E-state index is 0.328. The third-order valence-electron chi connectivity index (χ3n) is 1.80. The molecule has 3 N–H and O–H groups in total. The van der Waals surface area contributed by atoms with Crippen LogP contribution in [0.2, 0.25) is 0 Å². The molecule has 15 heavy (non-hydrogen) atoms. The van der Waals surface area contributed by atoms with E-state index in [0.29, 0.717) is 12.0 Å². The summed E-state index contributed by atoms with van der Waals surface area (Å²) in [5.41, 5.74) is 3.42. The van der Waals surface area contributed by atoms with E-state index in [4.69, 9.17) is 11.1 Å². The molecule has 4 heteroatoms. The fourth-order valence-electron chi connectivity index (χ4n) is 1.11. The molecule has 0 aromatic heterocycles. The van der Waals surface area contributed by atoms with Gasteiger partial charge < -0.3 is 0 Å². The highest BCUT2D eigenvalue weighted by Crippen LogP contribution is 2.07. The number of hydrazine groups is 1. The van der Waals surface area contributed by atoms with E-state index >= 15 is 0 Å². The first kappa shape index (κ1) is 11.0. The van der Waals surface area contributed by atoms with Crippen LogP contribution in [0.1, 0.15) is 22.3 Å². The van der Waals surface area contributed by atoms with Crippen molar-refractivity contribution < 1.29 is 4.79 Å². The second-order valence-electron chi connectivity index (χ2n) is 2.86. The van der Waals surface area contributed by atoms with Gasteiger partial charge in [0.25, 0.3) is 5.91 Å². The quantitative estimate of drug-likeness (QED) is 0.438. The number of carbonyl (C=O) groups excluding carboxylic acids is 1. The van der Waals surface area contributed by atoms with E-state index in [0.717, 1.165) is 5.56 Å². The van der Waals surface area contributed by atoms with Crippen molar-refractivity contribution in [3.63, 3.8) is 0 Å². The molecule has 0 heterocycles. The number of rotatable bonds is 3. The number of nitriles is 1. The molecule has 0 saturated heterocycles. The molecule has 1 aromatic carbocycles. The molecular weight excluding hydrogens is 190 g/mol. The molecular formula is C11H11N3O. The van der Waals surface area contributed by atoms with Crippen LogP contribution in [-0.4, -0.2) is 5.91 Å². The molecule has 1 rings (SSSR count). The van der Waals surface area contributed by atoms with Gasteiger partial charge in [0.2, 0.25) is 0 Å². The van der Waals surface area contributed by atoms with Crippen LogP contribution in [0.4, 0.5) is 0 Å². The number of carbonyl (C=O) groups is 1. The lowest BCUT2D eigenvalue weighted by Gasteiger charge is -2.00. The molecule has 0 spiro atoms. The second kappa shape index (κ2) is 5.58. The Balaban J connectivity index is 2.84. The molecule has 0 aliphatic rings. The lowest BCUT2D eigenvalue weighted by molar-refractivity contribution is 0.0953. The van der Waals surface area contributed by atoms with E-state index < -0.39 is 0 Å². The first-order chi connectivity index (χ1) is 7.27. The Morgan fingerprint density at radius 1 is 1.60 bits per heavy atom. The normalized spacial score (nSPS) is 9.87. The number of nitrogens with two attached hydrogens (primary N) is 1. The van der Waals surface area contributed by atoms with Crippen LogP contribution in [0.5, 0.6) is 0 Å². The number of allylic oxidation sites excluding steroid dienone is 1. The van der Waals surface area contributed by atoms with Crippen LogP contribution in [-0.2, 0) is 0 Å². The summed E-state index contributed by atoms with van der Waals surface area (Å²) in [7, 11) is 0. The molecule has 1 amide bonds. The van der Waals surface area contributed by atoms with Crippen LogP contribution in [0.15, 0.2) is 30.3 Å². The highest BCUT2D eigenvalue weighted by atomic mass is 16.2. The minimum atomic E-state index is -0.328. The average molecular weight is 201 g/mol. The maximum absolute atomic E-state index is 11.2. The Labute approximate surface area is 88.0 Å². The molecule has 0 atom stereocenters. The van der Waals surface area contributed by atoms with Gasteiger partial charge in [-0.05, 0) is 17.7 Å². The summed E-state index contributed by atoms with van der Waals surface area (Å²) in [4.78, 5) is 11.2. The third-order valence-corrected chi connectivity index (χ3v) is 1.80. The number of amides is 1. The number of hydrogen-bond donors (Lipinski definition) is 2. The van der Waals surface area contributed by atoms with Gasteiger partial charge in [0.15, 0.2) is 0 Å². The van der Waals surface area contributed by atoms with Gasteiger partial charge in [-0.15, -0.1) is 0 Å². The van der Waals surface area contributed by atoms with E-state index in [9.17, 15) is 4.79 Å². The Kier molecular flexibility index (Phi) is 4.07. The number of nitrogens with zero attached hydrogens (tertiary/aromatic N) is 1. The van der Waals surface area contributed by atoms with Gasteiger partial charge >= 0.3 is 0 Å². The summed E-state index contributed by atoms with van der Waals surface area (Å²) in [6.07, 6.45) is 3.88. The van der Waals surface area contributed by atoms with Crippen molar-refractivity contribution in [2.75, 3.05) is 0 Å². The summed E-state index contributed by atoms with van der Waals surface area (Å²) in [6.45, 7) is 0. The zero-order valence-corrected chi connectivity index (χ0v) is 8.10. The molecule has 76 valence electrons. The number of nitrogen functional groups attached to an aromatic ring is 1. The Morgan fingerprint density at radius 2 is 2.40 bits per heavy atom. The zero-order valence-electron chi connectivity index (χ0n) is 8.10. The van der Waals surface area contributed by atoms with Crippen LogP contribution in [0.25, 0.3) is 6.08 Å². The molecule has 0 radical (unpaired) electrons. The van der Waals surface area contributed by atoms with Crippen molar-refractivity contribution in [1.82, 2.24) is 5.43 Å². The number of nitrogens with one attached hydrogen (secondary N) is 1. The van der Waals surface area contributed by atoms with Gasteiger partial charge in [-0.3, -0.25) is 10.2 Å². The van der Waals surface area contributed by atoms with Crippen molar-refractivity contribution >= 4 is 12.0 Å². The molecule has 0 saturated carbocycles. The van der Waals surface area contributed by atoms with E-state index in [-0.39, 0.29) is 5.91 Å². The van der Waals surface area contributed by atoms with Crippen molar-refractivity contribution in [2.24, 2.45) is 5.84 Å². The molecule has 0 unspecified atom stereocenters. The van der Waals surface area contributed by atoms with Gasteiger partial charge in [0, 0.05) is 5.56 Å². The van der Waals surface area contributed by atoms with Gasteiger partial charge in [-0.1, -0.05) is 24.3 Å². The highest BCUT2D eigenvalue weighted by molar-refractivity contribution is 5.94. The molecule has 0 aliphatic carbocycles. The molecule has 1 aromatic rings. The van der Waals surface area contributed by atoms with E-state index in [1.165, 1.54) is 0 Å². The van der Waals surface area contributed by atoms with Crippen LogP contribution < -0.4 is 11.3 Å². The number of hydrogen-bond acceptors (Lipinski definition) is 3. The van der Waals surface area contributed by atoms with Crippen molar-refractivity contribution in [2.45, 2.75) is 6.42 Å². The van der Waals surface area contributed by atoms with Gasteiger partial charge in [-0.25, -0.2) is 5.84 Å².